The summed E-state index contributed by atoms with van der Waals surface area (Å²) in [5.41, 5.74) is 2.80. The molecule has 0 spiro atoms. The van der Waals surface area contributed by atoms with E-state index in [2.05, 4.69) is 13.0 Å². The Hall–Kier alpha value is -0.850. The highest BCUT2D eigenvalue weighted by Crippen LogP contribution is 2.34. The van der Waals surface area contributed by atoms with Crippen LogP contribution in [0.2, 0.25) is 0 Å². The summed E-state index contributed by atoms with van der Waals surface area (Å²) in [4.78, 5) is 0. The molecule has 90 valence electrons. The van der Waals surface area contributed by atoms with Gasteiger partial charge in [0.1, 0.15) is 5.83 Å². The van der Waals surface area contributed by atoms with E-state index in [0.29, 0.717) is 5.92 Å². The molecule has 0 saturated heterocycles. The summed E-state index contributed by atoms with van der Waals surface area (Å²) in [6.07, 6.45) is 11.2. The molecule has 2 rings (SSSR count). The lowest BCUT2D eigenvalue weighted by Crippen LogP contribution is -2.10. The van der Waals surface area contributed by atoms with Crippen LogP contribution in [-0.2, 0) is 0 Å². The van der Waals surface area contributed by atoms with Crippen molar-refractivity contribution < 1.29 is 4.39 Å². The van der Waals surface area contributed by atoms with Crippen molar-refractivity contribution in [2.24, 2.45) is 5.92 Å². The standard InChI is InChI=1S/C13H17F.C2H6/c1-10-4-2-5-11(8-10)12-6-3-7-13(14)9-12;1-2/h4,7,9,11H,2-3,5-6,8H2,1H3;1-2H3. The van der Waals surface area contributed by atoms with E-state index in [9.17, 15) is 4.39 Å². The quantitative estimate of drug-likeness (QED) is 0.526. The van der Waals surface area contributed by atoms with Crippen LogP contribution < -0.4 is 0 Å². The Labute approximate surface area is 98.9 Å². The first-order valence-corrected chi connectivity index (χ1v) is 6.47. The average molecular weight is 222 g/mol. The highest BCUT2D eigenvalue weighted by molar-refractivity contribution is 5.26. The van der Waals surface area contributed by atoms with Crippen LogP contribution in [0.25, 0.3) is 0 Å². The van der Waals surface area contributed by atoms with Gasteiger partial charge in [-0.1, -0.05) is 31.1 Å². The maximum absolute atomic E-state index is 13.1. The van der Waals surface area contributed by atoms with E-state index in [4.69, 9.17) is 0 Å². The van der Waals surface area contributed by atoms with Crippen molar-refractivity contribution in [1.29, 1.82) is 0 Å². The second kappa shape index (κ2) is 6.67. The summed E-state index contributed by atoms with van der Waals surface area (Å²) < 4.78 is 13.1. The molecular weight excluding hydrogens is 199 g/mol. The third-order valence-electron chi connectivity index (χ3n) is 3.20. The Kier molecular flexibility index (Phi) is 5.51. The van der Waals surface area contributed by atoms with Crippen LogP contribution in [0, 0.1) is 5.92 Å². The SMILES string of the molecule is CC.CC1=CCCC(C2=CC(F)=CCC2)C1. The molecule has 0 aliphatic heterocycles. The zero-order valence-corrected chi connectivity index (χ0v) is 10.7. The van der Waals surface area contributed by atoms with Crippen molar-refractivity contribution >= 4 is 0 Å². The maximum Gasteiger partial charge on any atom is 0.119 e. The molecular formula is C15H23F. The smallest absolute Gasteiger partial charge is 0.119 e. The van der Waals surface area contributed by atoms with Crippen LogP contribution >= 0.6 is 0 Å². The van der Waals surface area contributed by atoms with Crippen LogP contribution in [-0.4, -0.2) is 0 Å². The lowest BCUT2D eigenvalue weighted by atomic mass is 9.81. The average Bonchev–Trinajstić information content (AvgIpc) is 2.32. The van der Waals surface area contributed by atoms with Gasteiger partial charge in [-0.3, -0.25) is 0 Å². The van der Waals surface area contributed by atoms with E-state index in [1.165, 1.54) is 24.0 Å². The van der Waals surface area contributed by atoms with Gasteiger partial charge in [-0.25, -0.2) is 4.39 Å². The zero-order chi connectivity index (χ0) is 12.0. The Morgan fingerprint density at radius 3 is 2.56 bits per heavy atom. The van der Waals surface area contributed by atoms with E-state index in [1.807, 2.05) is 13.8 Å². The molecule has 1 unspecified atom stereocenters. The molecule has 0 heterocycles. The van der Waals surface area contributed by atoms with Crippen LogP contribution in [0.1, 0.15) is 52.9 Å². The van der Waals surface area contributed by atoms with Gasteiger partial charge in [0.05, 0.1) is 0 Å². The van der Waals surface area contributed by atoms with Crippen molar-refractivity contribution in [3.8, 4) is 0 Å². The number of rotatable bonds is 1. The third kappa shape index (κ3) is 3.62. The highest BCUT2D eigenvalue weighted by atomic mass is 19.1. The molecule has 16 heavy (non-hydrogen) atoms. The molecule has 0 bridgehead atoms. The van der Waals surface area contributed by atoms with Gasteiger partial charge in [0.2, 0.25) is 0 Å². The molecule has 0 N–H and O–H groups in total. The minimum absolute atomic E-state index is 0.0292. The fourth-order valence-corrected chi connectivity index (χ4v) is 2.43. The second-order valence-corrected chi connectivity index (χ2v) is 4.38. The van der Waals surface area contributed by atoms with Crippen molar-refractivity contribution in [2.45, 2.75) is 52.9 Å². The molecule has 0 aromatic carbocycles. The summed E-state index contributed by atoms with van der Waals surface area (Å²) in [5.74, 6) is 0.581. The summed E-state index contributed by atoms with van der Waals surface area (Å²) in [6, 6.07) is 0. The molecule has 0 amide bonds. The monoisotopic (exact) mass is 222 g/mol. The van der Waals surface area contributed by atoms with Crippen molar-refractivity contribution in [1.82, 2.24) is 0 Å². The molecule has 0 saturated carbocycles. The predicted octanol–water partition coefficient (Wildman–Crippen LogP) is 5.33. The minimum atomic E-state index is -0.0292. The highest BCUT2D eigenvalue weighted by Gasteiger charge is 2.19. The molecule has 1 atom stereocenters. The van der Waals surface area contributed by atoms with Crippen molar-refractivity contribution in [3.05, 3.63) is 35.2 Å². The van der Waals surface area contributed by atoms with Gasteiger partial charge >= 0.3 is 0 Å². The zero-order valence-electron chi connectivity index (χ0n) is 10.7. The van der Waals surface area contributed by atoms with E-state index < -0.39 is 0 Å². The number of halogens is 1. The summed E-state index contributed by atoms with van der Waals surface area (Å²) in [5, 5.41) is 0. The first kappa shape index (κ1) is 13.2. The molecule has 2 aliphatic rings. The Balaban J connectivity index is 0.000000606. The Morgan fingerprint density at radius 1 is 1.19 bits per heavy atom. The molecule has 0 fully saturated rings. The summed E-state index contributed by atoms with van der Waals surface area (Å²) >= 11 is 0. The van der Waals surface area contributed by atoms with E-state index >= 15 is 0 Å². The first-order chi connectivity index (χ1) is 7.75. The molecule has 0 nitrogen and oxygen atoms in total. The van der Waals surface area contributed by atoms with Gasteiger partial charge in [-0.15, -0.1) is 0 Å². The van der Waals surface area contributed by atoms with Crippen LogP contribution in [0.5, 0.6) is 0 Å². The molecule has 0 radical (unpaired) electrons. The lowest BCUT2D eigenvalue weighted by Gasteiger charge is -2.25. The maximum atomic E-state index is 13.1. The fraction of sp³-hybridized carbons (Fsp3) is 0.600. The second-order valence-electron chi connectivity index (χ2n) is 4.38. The normalized spacial score (nSPS) is 24.8. The van der Waals surface area contributed by atoms with E-state index in [1.54, 1.807) is 12.2 Å². The minimum Gasteiger partial charge on any atom is -0.207 e. The molecule has 1 heteroatoms. The van der Waals surface area contributed by atoms with Crippen LogP contribution in [0.3, 0.4) is 0 Å². The largest absolute Gasteiger partial charge is 0.207 e. The Morgan fingerprint density at radius 2 is 1.94 bits per heavy atom. The van der Waals surface area contributed by atoms with E-state index in [-0.39, 0.29) is 5.83 Å². The lowest BCUT2D eigenvalue weighted by molar-refractivity contribution is 0.508. The number of allylic oxidation sites excluding steroid dienone is 6. The first-order valence-electron chi connectivity index (χ1n) is 6.47. The van der Waals surface area contributed by atoms with Gasteiger partial charge in [0.25, 0.3) is 0 Å². The predicted molar refractivity (Wildman–Crippen MR) is 69.0 cm³/mol. The van der Waals surface area contributed by atoms with Gasteiger partial charge in [0.15, 0.2) is 0 Å². The summed E-state index contributed by atoms with van der Waals surface area (Å²) in [7, 11) is 0. The molecule has 0 aromatic heterocycles. The third-order valence-corrected chi connectivity index (χ3v) is 3.20. The number of hydrogen-bond donors (Lipinski definition) is 0. The van der Waals surface area contributed by atoms with Crippen LogP contribution in [0.15, 0.2) is 35.2 Å². The van der Waals surface area contributed by atoms with Gasteiger partial charge in [-0.05, 0) is 57.1 Å². The van der Waals surface area contributed by atoms with Crippen LogP contribution in [0.4, 0.5) is 4.39 Å². The molecule has 2 aliphatic carbocycles. The van der Waals surface area contributed by atoms with Crippen molar-refractivity contribution in [3.63, 3.8) is 0 Å². The van der Waals surface area contributed by atoms with Gasteiger partial charge in [0, 0.05) is 0 Å². The Bertz CT molecular complexity index is 307. The topological polar surface area (TPSA) is 0 Å². The van der Waals surface area contributed by atoms with E-state index in [0.717, 1.165) is 19.3 Å². The summed E-state index contributed by atoms with van der Waals surface area (Å²) in [6.45, 7) is 6.18. The van der Waals surface area contributed by atoms with Gasteiger partial charge in [-0.2, -0.15) is 0 Å². The molecule has 0 aromatic rings. The number of hydrogen-bond acceptors (Lipinski definition) is 0. The van der Waals surface area contributed by atoms with Gasteiger partial charge < -0.3 is 0 Å². The van der Waals surface area contributed by atoms with Crippen molar-refractivity contribution in [2.75, 3.05) is 0 Å². The fourth-order valence-electron chi connectivity index (χ4n) is 2.43.